The zero-order valence-electron chi connectivity index (χ0n) is 35.2. The van der Waals surface area contributed by atoms with E-state index in [2.05, 4.69) is 31.5 Å². The van der Waals surface area contributed by atoms with Crippen LogP contribution in [0.3, 0.4) is 0 Å². The van der Waals surface area contributed by atoms with E-state index in [0.717, 1.165) is 6.54 Å². The molecule has 1 saturated heterocycles. The van der Waals surface area contributed by atoms with E-state index in [1.165, 1.54) is 21.6 Å². The smallest absolute Gasteiger partial charge is 0.239 e. The second-order valence-electron chi connectivity index (χ2n) is 15.3. The molecule has 1 aliphatic heterocycles. The van der Waals surface area contributed by atoms with Crippen molar-refractivity contribution >= 4 is 63.1 Å². The molecule has 0 bridgehead atoms. The van der Waals surface area contributed by atoms with Gasteiger partial charge in [-0.1, -0.05) is 56.2 Å². The normalized spacial score (nSPS) is 17.1. The number of hydrogen-bond acceptors (Lipinski definition) is 16. The number of aliphatic carboxylic acids is 2. The van der Waals surface area contributed by atoms with E-state index in [-0.39, 0.29) is 57.5 Å². The lowest BCUT2D eigenvalue weighted by Crippen LogP contribution is -2.51. The Morgan fingerprint density at radius 1 is 0.621 bits per heavy atom. The first kappa shape index (κ1) is 52.8. The average Bonchev–Trinajstić information content (AvgIpc) is 3.15. The quantitative estimate of drug-likeness (QED) is 0.0377. The van der Waals surface area contributed by atoms with Crippen LogP contribution in [0.25, 0.3) is 0 Å². The highest BCUT2D eigenvalue weighted by atomic mass is 33.1. The topological polar surface area (TPSA) is 259 Å². The van der Waals surface area contributed by atoms with E-state index in [4.69, 9.17) is 0 Å². The molecule has 0 radical (unpaired) electrons. The van der Waals surface area contributed by atoms with Crippen LogP contribution in [0.1, 0.15) is 54.4 Å². The third-order valence-corrected chi connectivity index (χ3v) is 12.1. The Labute approximate surface area is 351 Å². The zero-order chi connectivity index (χ0) is 43.7. The second kappa shape index (κ2) is 28.3. The molecular formula is C37H67N9O10S2-2. The summed E-state index contributed by atoms with van der Waals surface area (Å²) < 4.78 is 0. The number of hydrogen-bond donors (Lipinski definition) is 6. The summed E-state index contributed by atoms with van der Waals surface area (Å²) in [7, 11) is 3.02. The largest absolute Gasteiger partial charge is 0.549 e. The van der Waals surface area contributed by atoms with E-state index in [0.29, 0.717) is 83.4 Å². The molecule has 0 saturated carbocycles. The van der Waals surface area contributed by atoms with Crippen LogP contribution in [0.2, 0.25) is 0 Å². The SMILES string of the molecule is CCN1CCN(CC(=O)[O-])CCN(CC(=O)NCCSSCCNC(=O)CNC(=O)CNC(=O)C(C)(C)CC(C)(CC)C(=O)NCC(C)O)CCN(CC(=O)[O-])CC1. The molecule has 0 aromatic carbocycles. The first-order chi connectivity index (χ1) is 27.3. The molecule has 2 unspecified atom stereocenters. The van der Waals surface area contributed by atoms with Gasteiger partial charge in [-0.2, -0.15) is 0 Å². The monoisotopic (exact) mass is 861 g/mol. The van der Waals surface area contributed by atoms with Crippen molar-refractivity contribution in [2.75, 3.05) is 123 Å². The molecular weight excluding hydrogens is 795 g/mol. The van der Waals surface area contributed by atoms with E-state index >= 15 is 0 Å². The summed E-state index contributed by atoms with van der Waals surface area (Å²) in [4.78, 5) is 93.4. The van der Waals surface area contributed by atoms with Crippen molar-refractivity contribution in [2.45, 2.75) is 60.5 Å². The Morgan fingerprint density at radius 2 is 1.05 bits per heavy atom. The van der Waals surface area contributed by atoms with Gasteiger partial charge in [-0.15, -0.1) is 0 Å². The number of carbonyl (C=O) groups is 7. The van der Waals surface area contributed by atoms with Gasteiger partial charge in [-0.3, -0.25) is 38.7 Å². The number of likely N-dealkylation sites (N-methyl/N-ethyl adjacent to an activating group) is 1. The maximum Gasteiger partial charge on any atom is 0.239 e. The Bertz CT molecular complexity index is 1300. The fourth-order valence-electron chi connectivity index (χ4n) is 6.15. The van der Waals surface area contributed by atoms with Crippen LogP contribution in [-0.4, -0.2) is 195 Å². The lowest BCUT2D eigenvalue weighted by Gasteiger charge is -2.35. The molecule has 1 aliphatic rings. The van der Waals surface area contributed by atoms with Gasteiger partial charge in [0.05, 0.1) is 37.7 Å². The van der Waals surface area contributed by atoms with E-state index in [1.807, 2.05) is 18.7 Å². The summed E-state index contributed by atoms with van der Waals surface area (Å²) in [6.45, 7) is 15.0. The molecule has 1 heterocycles. The highest BCUT2D eigenvalue weighted by molar-refractivity contribution is 8.76. The van der Waals surface area contributed by atoms with Crippen molar-refractivity contribution in [3.05, 3.63) is 0 Å². The molecule has 334 valence electrons. The molecule has 21 heteroatoms. The Morgan fingerprint density at radius 3 is 1.50 bits per heavy atom. The first-order valence-electron chi connectivity index (χ1n) is 19.9. The van der Waals surface area contributed by atoms with Crippen molar-refractivity contribution in [3.63, 3.8) is 0 Å². The number of carbonyl (C=O) groups excluding carboxylic acids is 7. The standard InChI is InChI=1S/C37H69N9O10S2/c1-7-37(6,35(56)41-21-28(3)47)27-36(4,5)34(55)42-23-30(49)40-22-29(48)38-9-19-57-58-20-10-39-31(50)24-44-15-17-45(25-32(51)52)13-11-43(8-2)12-14-46(18-16-44)26-33(53)54/h28,47H,7-27H2,1-6H3,(H,38,48)(H,39,50)(H,40,49)(H,41,56)(H,42,55)(H,51,52)(H,53,54)/p-2. The van der Waals surface area contributed by atoms with E-state index < -0.39 is 46.6 Å². The van der Waals surface area contributed by atoms with Crippen LogP contribution in [0.5, 0.6) is 0 Å². The molecule has 6 N–H and O–H groups in total. The highest BCUT2D eigenvalue weighted by Crippen LogP contribution is 2.37. The summed E-state index contributed by atoms with van der Waals surface area (Å²) in [6, 6.07) is 0. The molecule has 1 rings (SSSR count). The molecule has 0 aliphatic carbocycles. The first-order valence-corrected chi connectivity index (χ1v) is 22.4. The molecule has 0 aromatic heterocycles. The summed E-state index contributed by atoms with van der Waals surface area (Å²) in [6.07, 6.45) is -0.0159. The Hall–Kier alpha value is -3.21. The maximum atomic E-state index is 12.9. The van der Waals surface area contributed by atoms with Gasteiger partial charge in [0.15, 0.2) is 0 Å². The second-order valence-corrected chi connectivity index (χ2v) is 18.0. The predicted molar refractivity (Wildman–Crippen MR) is 220 cm³/mol. The van der Waals surface area contributed by atoms with Gasteiger partial charge in [0.1, 0.15) is 0 Å². The zero-order valence-corrected chi connectivity index (χ0v) is 36.8. The average molecular weight is 862 g/mol. The van der Waals surface area contributed by atoms with Crippen LogP contribution in [0.4, 0.5) is 0 Å². The lowest BCUT2D eigenvalue weighted by atomic mass is 9.71. The number of carboxylic acids is 2. The number of rotatable bonds is 25. The predicted octanol–water partition coefficient (Wildman–Crippen LogP) is -4.10. The van der Waals surface area contributed by atoms with E-state index in [9.17, 15) is 48.9 Å². The van der Waals surface area contributed by atoms with Crippen molar-refractivity contribution in [3.8, 4) is 0 Å². The third-order valence-electron chi connectivity index (χ3n) is 9.74. The van der Waals surface area contributed by atoms with Crippen LogP contribution in [0, 0.1) is 10.8 Å². The van der Waals surface area contributed by atoms with Crippen molar-refractivity contribution < 1.29 is 48.9 Å². The van der Waals surface area contributed by atoms with Crippen LogP contribution < -0.4 is 36.8 Å². The van der Waals surface area contributed by atoms with Crippen LogP contribution in [0.15, 0.2) is 0 Å². The molecule has 19 nitrogen and oxygen atoms in total. The van der Waals surface area contributed by atoms with Crippen molar-refractivity contribution in [2.24, 2.45) is 10.8 Å². The summed E-state index contributed by atoms with van der Waals surface area (Å²) in [5, 5.41) is 45.6. The Balaban J connectivity index is 2.38. The van der Waals surface area contributed by atoms with Gasteiger partial charge in [-0.25, -0.2) is 0 Å². The maximum absolute atomic E-state index is 12.9. The molecule has 0 spiro atoms. The fourth-order valence-corrected chi connectivity index (χ4v) is 7.97. The number of nitrogens with one attached hydrogen (secondary N) is 5. The molecule has 5 amide bonds. The Kier molecular flexibility index (Phi) is 25.8. The van der Waals surface area contributed by atoms with Crippen molar-refractivity contribution in [1.29, 1.82) is 0 Å². The minimum absolute atomic E-state index is 0.0644. The van der Waals surface area contributed by atoms with Crippen LogP contribution in [-0.2, 0) is 33.6 Å². The van der Waals surface area contributed by atoms with Gasteiger partial charge in [0.25, 0.3) is 0 Å². The summed E-state index contributed by atoms with van der Waals surface area (Å²) in [5.41, 5.74) is -1.84. The minimum Gasteiger partial charge on any atom is -0.549 e. The molecule has 2 atom stereocenters. The van der Waals surface area contributed by atoms with Gasteiger partial charge < -0.3 is 56.4 Å². The highest BCUT2D eigenvalue weighted by Gasteiger charge is 2.41. The lowest BCUT2D eigenvalue weighted by molar-refractivity contribution is -0.307. The molecule has 0 aromatic rings. The van der Waals surface area contributed by atoms with Gasteiger partial charge in [0.2, 0.25) is 29.5 Å². The third kappa shape index (κ3) is 23.4. The minimum atomic E-state index is -1.17. The molecule has 1 fully saturated rings. The molecule has 58 heavy (non-hydrogen) atoms. The van der Waals surface area contributed by atoms with Gasteiger partial charge >= 0.3 is 0 Å². The number of amides is 5. The van der Waals surface area contributed by atoms with Gasteiger partial charge in [0, 0.05) is 107 Å². The van der Waals surface area contributed by atoms with Crippen LogP contribution >= 0.6 is 21.6 Å². The fraction of sp³-hybridized carbons (Fsp3) is 0.811. The number of aliphatic hydroxyl groups excluding tert-OH is 1. The van der Waals surface area contributed by atoms with Crippen molar-refractivity contribution in [1.82, 2.24) is 46.2 Å². The van der Waals surface area contributed by atoms with E-state index in [1.54, 1.807) is 37.5 Å². The summed E-state index contributed by atoms with van der Waals surface area (Å²) >= 11 is 0. The summed E-state index contributed by atoms with van der Waals surface area (Å²) in [5.74, 6) is -2.99. The number of nitrogens with zero attached hydrogens (tertiary/aromatic N) is 4. The number of aliphatic hydroxyl groups is 1. The van der Waals surface area contributed by atoms with Gasteiger partial charge in [-0.05, 0) is 26.3 Å². The number of carboxylic acid groups (broad SMARTS) is 2.